The van der Waals surface area contributed by atoms with Gasteiger partial charge in [-0.25, -0.2) is 4.98 Å². The van der Waals surface area contributed by atoms with Crippen molar-refractivity contribution in [2.45, 2.75) is 32.9 Å². The number of nitrogens with one attached hydrogen (secondary N) is 1. The maximum absolute atomic E-state index is 6.25. The van der Waals surface area contributed by atoms with Gasteiger partial charge in [-0.2, -0.15) is 0 Å². The minimum Gasteiger partial charge on any atom is -0.349 e. The number of nitrogens with zero attached hydrogens (tertiary/aromatic N) is 2. The summed E-state index contributed by atoms with van der Waals surface area (Å²) in [6, 6.07) is 4.74. The van der Waals surface area contributed by atoms with Crippen LogP contribution in [0.1, 0.15) is 35.9 Å². The third-order valence-electron chi connectivity index (χ3n) is 4.06. The van der Waals surface area contributed by atoms with E-state index in [-0.39, 0.29) is 0 Å². The van der Waals surface area contributed by atoms with Gasteiger partial charge in [0.15, 0.2) is 0 Å². The molecular weight excluding hydrogens is 302 g/mol. The van der Waals surface area contributed by atoms with Crippen LogP contribution in [0.2, 0.25) is 5.02 Å². The van der Waals surface area contributed by atoms with Crippen LogP contribution in [0.15, 0.2) is 23.7 Å². The van der Waals surface area contributed by atoms with Crippen molar-refractivity contribution in [2.75, 3.05) is 18.0 Å². The van der Waals surface area contributed by atoms with Gasteiger partial charge in [0, 0.05) is 24.2 Å². The number of pyridine rings is 1. The number of aromatic nitrogens is 1. The van der Waals surface area contributed by atoms with Gasteiger partial charge in [0.1, 0.15) is 5.82 Å². The lowest BCUT2D eigenvalue weighted by molar-refractivity contribution is 0.623. The molecule has 5 heteroatoms. The van der Waals surface area contributed by atoms with E-state index in [1.165, 1.54) is 10.4 Å². The number of hydrogen-bond donors (Lipinski definition) is 1. The number of hydrogen-bond acceptors (Lipinski definition) is 4. The summed E-state index contributed by atoms with van der Waals surface area (Å²) < 4.78 is 0. The first kappa shape index (κ1) is 14.8. The van der Waals surface area contributed by atoms with Gasteiger partial charge in [-0.3, -0.25) is 0 Å². The molecule has 0 radical (unpaired) electrons. The van der Waals surface area contributed by atoms with Gasteiger partial charge in [-0.15, -0.1) is 11.3 Å². The number of thiophene rings is 1. The maximum Gasteiger partial charge on any atom is 0.129 e. The molecule has 1 unspecified atom stereocenters. The van der Waals surface area contributed by atoms with Gasteiger partial charge in [0.25, 0.3) is 0 Å². The molecule has 0 bridgehead atoms. The first-order chi connectivity index (χ1) is 10.2. The van der Waals surface area contributed by atoms with Crippen LogP contribution in [-0.2, 0) is 13.0 Å². The standard InChI is InChI=1S/C16H20ClN3S/c1-3-18-9-12-8-16(19-10-14(12)17)20-6-4-15-13(11(20)2)5-7-21-15/h5,7-8,10-11,18H,3-4,6,9H2,1-2H3. The van der Waals surface area contributed by atoms with Crippen LogP contribution in [0.4, 0.5) is 5.82 Å². The number of rotatable bonds is 4. The molecule has 0 aromatic carbocycles. The SMILES string of the molecule is CCNCc1cc(N2CCc3sccc3C2C)ncc1Cl. The third-order valence-corrected chi connectivity index (χ3v) is 5.39. The molecule has 0 spiro atoms. The molecule has 0 saturated carbocycles. The van der Waals surface area contributed by atoms with E-state index in [4.69, 9.17) is 11.6 Å². The predicted octanol–water partition coefficient (Wildman–Crippen LogP) is 4.03. The van der Waals surface area contributed by atoms with Gasteiger partial charge in [0.05, 0.1) is 11.1 Å². The first-order valence-electron chi connectivity index (χ1n) is 7.38. The Kier molecular flexibility index (Phi) is 4.48. The molecule has 3 heterocycles. The zero-order valence-corrected chi connectivity index (χ0v) is 14.0. The van der Waals surface area contributed by atoms with E-state index in [0.29, 0.717) is 6.04 Å². The fourth-order valence-corrected chi connectivity index (χ4v) is 3.98. The highest BCUT2D eigenvalue weighted by Crippen LogP contribution is 2.35. The van der Waals surface area contributed by atoms with E-state index >= 15 is 0 Å². The van der Waals surface area contributed by atoms with Crippen molar-refractivity contribution in [1.82, 2.24) is 10.3 Å². The Balaban J connectivity index is 1.87. The summed E-state index contributed by atoms with van der Waals surface area (Å²) in [5, 5.41) is 6.26. The Morgan fingerprint density at radius 2 is 2.38 bits per heavy atom. The van der Waals surface area contributed by atoms with Crippen LogP contribution in [0.3, 0.4) is 0 Å². The topological polar surface area (TPSA) is 28.2 Å². The summed E-state index contributed by atoms with van der Waals surface area (Å²) >= 11 is 8.12. The molecule has 1 N–H and O–H groups in total. The lowest BCUT2D eigenvalue weighted by atomic mass is 10.0. The molecule has 1 atom stereocenters. The molecule has 1 aliphatic heterocycles. The van der Waals surface area contributed by atoms with Gasteiger partial charge in [0.2, 0.25) is 0 Å². The highest BCUT2D eigenvalue weighted by molar-refractivity contribution is 7.10. The van der Waals surface area contributed by atoms with Crippen molar-refractivity contribution in [1.29, 1.82) is 0 Å². The van der Waals surface area contributed by atoms with Crippen molar-refractivity contribution in [3.05, 3.63) is 44.7 Å². The van der Waals surface area contributed by atoms with E-state index < -0.39 is 0 Å². The summed E-state index contributed by atoms with van der Waals surface area (Å²) in [5.41, 5.74) is 2.56. The predicted molar refractivity (Wildman–Crippen MR) is 90.4 cm³/mol. The third kappa shape index (κ3) is 2.93. The fraction of sp³-hybridized carbons (Fsp3) is 0.438. The van der Waals surface area contributed by atoms with E-state index in [9.17, 15) is 0 Å². The van der Waals surface area contributed by atoms with Gasteiger partial charge < -0.3 is 10.2 Å². The molecule has 2 aromatic heterocycles. The van der Waals surface area contributed by atoms with E-state index in [0.717, 1.165) is 42.5 Å². The Morgan fingerprint density at radius 1 is 1.52 bits per heavy atom. The highest BCUT2D eigenvalue weighted by Gasteiger charge is 2.25. The number of fused-ring (bicyclic) bond motifs is 1. The van der Waals surface area contributed by atoms with E-state index in [2.05, 4.69) is 46.6 Å². The van der Waals surface area contributed by atoms with Gasteiger partial charge in [-0.05, 0) is 48.5 Å². The molecule has 112 valence electrons. The van der Waals surface area contributed by atoms with Crippen LogP contribution >= 0.6 is 22.9 Å². The molecule has 2 aromatic rings. The lowest BCUT2D eigenvalue weighted by Gasteiger charge is -2.34. The van der Waals surface area contributed by atoms with E-state index in [1.807, 2.05) is 11.3 Å². The second kappa shape index (κ2) is 6.34. The van der Waals surface area contributed by atoms with Crippen molar-refractivity contribution in [2.24, 2.45) is 0 Å². The average molecular weight is 322 g/mol. The first-order valence-corrected chi connectivity index (χ1v) is 8.64. The Labute approximate surface area is 135 Å². The van der Waals surface area contributed by atoms with Crippen LogP contribution in [0.5, 0.6) is 0 Å². The van der Waals surface area contributed by atoms with Crippen molar-refractivity contribution in [3.63, 3.8) is 0 Å². The van der Waals surface area contributed by atoms with Crippen LogP contribution in [-0.4, -0.2) is 18.1 Å². The smallest absolute Gasteiger partial charge is 0.129 e. The van der Waals surface area contributed by atoms with Crippen LogP contribution < -0.4 is 10.2 Å². The van der Waals surface area contributed by atoms with Crippen molar-refractivity contribution in [3.8, 4) is 0 Å². The molecule has 21 heavy (non-hydrogen) atoms. The van der Waals surface area contributed by atoms with Crippen molar-refractivity contribution >= 4 is 28.8 Å². The van der Waals surface area contributed by atoms with E-state index in [1.54, 1.807) is 6.20 Å². The molecule has 3 nitrogen and oxygen atoms in total. The highest BCUT2D eigenvalue weighted by atomic mass is 35.5. The quantitative estimate of drug-likeness (QED) is 0.921. The monoisotopic (exact) mass is 321 g/mol. The summed E-state index contributed by atoms with van der Waals surface area (Å²) in [5.74, 6) is 1.02. The molecule has 0 amide bonds. The molecular formula is C16H20ClN3S. The Bertz CT molecular complexity index is 626. The van der Waals surface area contributed by atoms with Gasteiger partial charge in [-0.1, -0.05) is 18.5 Å². The maximum atomic E-state index is 6.25. The normalized spacial score (nSPS) is 17.9. The molecule has 3 rings (SSSR count). The largest absolute Gasteiger partial charge is 0.349 e. The minimum absolute atomic E-state index is 0.376. The van der Waals surface area contributed by atoms with Crippen LogP contribution in [0, 0.1) is 0 Å². The molecule has 0 fully saturated rings. The average Bonchev–Trinajstić information content (AvgIpc) is 2.97. The van der Waals surface area contributed by atoms with Crippen LogP contribution in [0.25, 0.3) is 0 Å². The number of halogens is 1. The summed E-state index contributed by atoms with van der Waals surface area (Å²) in [6.45, 7) is 7.10. The molecule has 0 saturated heterocycles. The fourth-order valence-electron chi connectivity index (χ4n) is 2.84. The zero-order chi connectivity index (χ0) is 14.8. The molecule has 1 aliphatic rings. The Hall–Kier alpha value is -1.10. The minimum atomic E-state index is 0.376. The zero-order valence-electron chi connectivity index (χ0n) is 12.4. The lowest BCUT2D eigenvalue weighted by Crippen LogP contribution is -2.33. The summed E-state index contributed by atoms with van der Waals surface area (Å²) in [7, 11) is 0. The van der Waals surface area contributed by atoms with Gasteiger partial charge >= 0.3 is 0 Å². The Morgan fingerprint density at radius 3 is 3.19 bits per heavy atom. The summed E-state index contributed by atoms with van der Waals surface area (Å²) in [6.07, 6.45) is 2.88. The van der Waals surface area contributed by atoms with Crippen molar-refractivity contribution < 1.29 is 0 Å². The second-order valence-corrected chi connectivity index (χ2v) is 6.74. The number of anilines is 1. The second-order valence-electron chi connectivity index (χ2n) is 5.33. The summed E-state index contributed by atoms with van der Waals surface area (Å²) in [4.78, 5) is 8.44. The molecule has 0 aliphatic carbocycles.